The van der Waals surface area contributed by atoms with Crippen molar-refractivity contribution in [2.45, 2.75) is 25.4 Å². The number of para-hydroxylation sites is 1. The van der Waals surface area contributed by atoms with Gasteiger partial charge in [0.1, 0.15) is 18.5 Å². The summed E-state index contributed by atoms with van der Waals surface area (Å²) in [4.78, 5) is 16.6. The summed E-state index contributed by atoms with van der Waals surface area (Å²) in [5.41, 5.74) is 3.76. The van der Waals surface area contributed by atoms with E-state index in [1.165, 1.54) is 0 Å². The summed E-state index contributed by atoms with van der Waals surface area (Å²) in [6, 6.07) is 13.2. The standard InChI is InChI=1S/C21H21NO4/c1-21(2)16-9-13(26-11-12(24)10-23)7-8-14(16)19(25)18-15-5-3-4-6-17(15)22-20(18)21/h3-9,12,22-24H,10-11H2,1-2H3/t12-/m0/s1. The Balaban J connectivity index is 1.82. The number of H-pyrrole nitrogens is 1. The number of aromatic nitrogens is 1. The van der Waals surface area contributed by atoms with Gasteiger partial charge in [-0.05, 0) is 29.8 Å². The summed E-state index contributed by atoms with van der Waals surface area (Å²) in [6.07, 6.45) is -0.930. The van der Waals surface area contributed by atoms with Gasteiger partial charge in [-0.2, -0.15) is 0 Å². The molecule has 3 N–H and O–H groups in total. The number of rotatable bonds is 4. The topological polar surface area (TPSA) is 82.5 Å². The zero-order chi connectivity index (χ0) is 18.5. The Bertz CT molecular complexity index is 1000. The van der Waals surface area contributed by atoms with Gasteiger partial charge in [-0.1, -0.05) is 32.0 Å². The van der Waals surface area contributed by atoms with Crippen molar-refractivity contribution in [3.63, 3.8) is 0 Å². The van der Waals surface area contributed by atoms with Crippen molar-refractivity contribution in [3.05, 3.63) is 64.8 Å². The molecule has 5 heteroatoms. The van der Waals surface area contributed by atoms with Crippen molar-refractivity contribution in [2.24, 2.45) is 0 Å². The van der Waals surface area contributed by atoms with Crippen LogP contribution in [0.3, 0.4) is 0 Å². The van der Waals surface area contributed by atoms with Gasteiger partial charge in [-0.25, -0.2) is 0 Å². The summed E-state index contributed by atoms with van der Waals surface area (Å²) in [5, 5.41) is 19.3. The second-order valence-electron chi connectivity index (χ2n) is 7.23. The fraction of sp³-hybridized carbons (Fsp3) is 0.286. The van der Waals surface area contributed by atoms with Crippen LogP contribution in [0.2, 0.25) is 0 Å². The molecule has 134 valence electrons. The fourth-order valence-corrected chi connectivity index (χ4v) is 3.69. The molecule has 1 aromatic heterocycles. The van der Waals surface area contributed by atoms with Crippen LogP contribution in [0.25, 0.3) is 10.9 Å². The van der Waals surface area contributed by atoms with Gasteiger partial charge in [0, 0.05) is 27.6 Å². The number of nitrogens with one attached hydrogen (secondary N) is 1. The molecule has 0 radical (unpaired) electrons. The Kier molecular flexibility index (Phi) is 3.86. The quantitative estimate of drug-likeness (QED) is 0.675. The predicted molar refractivity (Wildman–Crippen MR) is 98.9 cm³/mol. The fourth-order valence-electron chi connectivity index (χ4n) is 3.69. The second kappa shape index (κ2) is 5.97. The van der Waals surface area contributed by atoms with Gasteiger partial charge in [0.25, 0.3) is 0 Å². The van der Waals surface area contributed by atoms with E-state index in [1.807, 2.05) is 30.3 Å². The van der Waals surface area contributed by atoms with E-state index in [-0.39, 0.29) is 19.0 Å². The maximum Gasteiger partial charge on any atom is 0.195 e. The predicted octanol–water partition coefficient (Wildman–Crippen LogP) is 2.77. The molecule has 0 saturated carbocycles. The van der Waals surface area contributed by atoms with Crippen LogP contribution in [-0.4, -0.2) is 40.3 Å². The Morgan fingerprint density at radius 2 is 1.96 bits per heavy atom. The Labute approximate surface area is 151 Å². The van der Waals surface area contributed by atoms with Crippen LogP contribution >= 0.6 is 0 Å². The molecule has 2 aromatic carbocycles. The molecule has 4 rings (SSSR count). The molecule has 0 bridgehead atoms. The van der Waals surface area contributed by atoms with Crippen molar-refractivity contribution in [3.8, 4) is 5.75 Å². The minimum absolute atomic E-state index is 0.00129. The van der Waals surface area contributed by atoms with E-state index in [2.05, 4.69) is 18.8 Å². The summed E-state index contributed by atoms with van der Waals surface area (Å²) < 4.78 is 5.57. The smallest absolute Gasteiger partial charge is 0.195 e. The second-order valence-corrected chi connectivity index (χ2v) is 7.23. The number of aliphatic hydroxyl groups excluding tert-OH is 2. The van der Waals surface area contributed by atoms with Crippen molar-refractivity contribution < 1.29 is 19.7 Å². The summed E-state index contributed by atoms with van der Waals surface area (Å²) >= 11 is 0. The Morgan fingerprint density at radius 3 is 2.73 bits per heavy atom. The van der Waals surface area contributed by atoms with Crippen LogP contribution in [0.15, 0.2) is 42.5 Å². The lowest BCUT2D eigenvalue weighted by Crippen LogP contribution is -2.30. The van der Waals surface area contributed by atoms with Gasteiger partial charge in [-0.15, -0.1) is 0 Å². The number of hydrogen-bond acceptors (Lipinski definition) is 4. The molecule has 26 heavy (non-hydrogen) atoms. The minimum Gasteiger partial charge on any atom is -0.491 e. The maximum atomic E-state index is 13.2. The molecule has 1 aliphatic carbocycles. The highest BCUT2D eigenvalue weighted by atomic mass is 16.5. The van der Waals surface area contributed by atoms with Gasteiger partial charge >= 0.3 is 0 Å². The third kappa shape index (κ3) is 2.43. The number of ether oxygens (including phenoxy) is 1. The number of hydrogen-bond donors (Lipinski definition) is 3. The van der Waals surface area contributed by atoms with E-state index in [0.29, 0.717) is 11.3 Å². The molecule has 0 saturated heterocycles. The minimum atomic E-state index is -0.930. The first-order valence-corrected chi connectivity index (χ1v) is 8.65. The molecular weight excluding hydrogens is 330 g/mol. The lowest BCUT2D eigenvalue weighted by Gasteiger charge is -2.32. The number of fused-ring (bicyclic) bond motifs is 4. The zero-order valence-corrected chi connectivity index (χ0v) is 14.7. The van der Waals surface area contributed by atoms with Crippen molar-refractivity contribution in [1.82, 2.24) is 4.98 Å². The lowest BCUT2D eigenvalue weighted by atomic mass is 9.71. The number of benzene rings is 2. The van der Waals surface area contributed by atoms with E-state index in [4.69, 9.17) is 9.84 Å². The highest BCUT2D eigenvalue weighted by molar-refractivity contribution is 6.20. The Hall–Kier alpha value is -2.63. The van der Waals surface area contributed by atoms with Crippen LogP contribution < -0.4 is 4.74 Å². The third-order valence-corrected chi connectivity index (χ3v) is 5.12. The average Bonchev–Trinajstić information content (AvgIpc) is 3.05. The SMILES string of the molecule is CC1(C)c2cc(OC[C@@H](O)CO)ccc2C(=O)c2c1[nH]c1ccccc21. The molecular formula is C21H21NO4. The summed E-state index contributed by atoms with van der Waals surface area (Å²) in [7, 11) is 0. The van der Waals surface area contributed by atoms with Crippen LogP contribution in [-0.2, 0) is 5.41 Å². The highest BCUT2D eigenvalue weighted by Gasteiger charge is 2.39. The number of aromatic amines is 1. The molecule has 0 aliphatic heterocycles. The van der Waals surface area contributed by atoms with E-state index in [0.717, 1.165) is 27.7 Å². The van der Waals surface area contributed by atoms with Crippen molar-refractivity contribution >= 4 is 16.7 Å². The largest absolute Gasteiger partial charge is 0.491 e. The zero-order valence-electron chi connectivity index (χ0n) is 14.7. The molecule has 1 aliphatic rings. The first-order valence-electron chi connectivity index (χ1n) is 8.65. The number of carbonyl (C=O) groups excluding carboxylic acids is 1. The van der Waals surface area contributed by atoms with E-state index in [1.54, 1.807) is 12.1 Å². The molecule has 5 nitrogen and oxygen atoms in total. The lowest BCUT2D eigenvalue weighted by molar-refractivity contribution is 0.0535. The number of aliphatic hydroxyl groups is 2. The molecule has 3 aromatic rings. The van der Waals surface area contributed by atoms with E-state index < -0.39 is 11.5 Å². The van der Waals surface area contributed by atoms with E-state index in [9.17, 15) is 9.90 Å². The van der Waals surface area contributed by atoms with Crippen LogP contribution in [0.5, 0.6) is 5.75 Å². The molecule has 0 unspecified atom stereocenters. The maximum absolute atomic E-state index is 13.2. The van der Waals surface area contributed by atoms with Gasteiger partial charge in [0.15, 0.2) is 5.78 Å². The normalized spacial score (nSPS) is 16.2. The van der Waals surface area contributed by atoms with Crippen LogP contribution in [0.4, 0.5) is 0 Å². The molecule has 1 heterocycles. The van der Waals surface area contributed by atoms with Gasteiger partial charge in [0.05, 0.1) is 12.2 Å². The van der Waals surface area contributed by atoms with E-state index >= 15 is 0 Å². The number of ketones is 1. The third-order valence-electron chi connectivity index (χ3n) is 5.12. The first-order chi connectivity index (χ1) is 12.4. The molecule has 1 atom stereocenters. The molecule has 0 fully saturated rings. The van der Waals surface area contributed by atoms with Crippen LogP contribution in [0.1, 0.15) is 41.0 Å². The van der Waals surface area contributed by atoms with Gasteiger partial charge in [-0.3, -0.25) is 4.79 Å². The van der Waals surface area contributed by atoms with Gasteiger partial charge in [0.2, 0.25) is 0 Å². The van der Waals surface area contributed by atoms with Crippen LogP contribution in [0, 0.1) is 0 Å². The van der Waals surface area contributed by atoms with Gasteiger partial charge < -0.3 is 19.9 Å². The first kappa shape index (κ1) is 16.8. The molecule has 0 amide bonds. The van der Waals surface area contributed by atoms with Crippen molar-refractivity contribution in [2.75, 3.05) is 13.2 Å². The average molecular weight is 351 g/mol. The summed E-state index contributed by atoms with van der Waals surface area (Å²) in [5.74, 6) is 0.574. The molecule has 0 spiro atoms. The number of carbonyl (C=O) groups is 1. The monoisotopic (exact) mass is 351 g/mol. The Morgan fingerprint density at radius 1 is 1.19 bits per heavy atom. The highest BCUT2D eigenvalue weighted by Crippen LogP contribution is 2.44. The summed E-state index contributed by atoms with van der Waals surface area (Å²) in [6.45, 7) is 3.81. The van der Waals surface area contributed by atoms with Crippen molar-refractivity contribution in [1.29, 1.82) is 0 Å².